The zero-order valence-electron chi connectivity index (χ0n) is 10.8. The molecule has 0 fully saturated rings. The lowest BCUT2D eigenvalue weighted by molar-refractivity contribution is 0.407. The van der Waals surface area contributed by atoms with Crippen LogP contribution in [0.1, 0.15) is 22.7 Å². The molecular formula is C15H15BrClNO. The van der Waals surface area contributed by atoms with Gasteiger partial charge in [-0.2, -0.15) is 0 Å². The van der Waals surface area contributed by atoms with Crippen molar-refractivity contribution in [2.24, 2.45) is 5.73 Å². The second-order valence-corrected chi connectivity index (χ2v) is 5.68. The molecule has 0 aliphatic rings. The van der Waals surface area contributed by atoms with Crippen LogP contribution in [0.25, 0.3) is 0 Å². The molecule has 2 aromatic rings. The van der Waals surface area contributed by atoms with Crippen LogP contribution in [0.3, 0.4) is 0 Å². The molecule has 1 unspecified atom stereocenters. The molecule has 2 nitrogen and oxygen atoms in total. The number of methoxy groups -OCH3 is 1. The normalized spacial score (nSPS) is 12.3. The van der Waals surface area contributed by atoms with Crippen LogP contribution in [0, 0.1) is 6.92 Å². The van der Waals surface area contributed by atoms with E-state index in [1.807, 2.05) is 43.3 Å². The van der Waals surface area contributed by atoms with Crippen LogP contribution in [-0.2, 0) is 0 Å². The van der Waals surface area contributed by atoms with Crippen molar-refractivity contribution in [2.45, 2.75) is 13.0 Å². The minimum Gasteiger partial charge on any atom is -0.496 e. The molecule has 0 aliphatic heterocycles. The summed E-state index contributed by atoms with van der Waals surface area (Å²) in [5.41, 5.74) is 9.40. The molecule has 0 bridgehead atoms. The Bertz CT molecular complexity index is 601. The van der Waals surface area contributed by atoms with Gasteiger partial charge in [0, 0.05) is 15.1 Å². The molecule has 0 saturated heterocycles. The van der Waals surface area contributed by atoms with E-state index in [2.05, 4.69) is 15.9 Å². The maximum Gasteiger partial charge on any atom is 0.123 e. The summed E-state index contributed by atoms with van der Waals surface area (Å²) < 4.78 is 6.32. The van der Waals surface area contributed by atoms with Crippen molar-refractivity contribution < 1.29 is 4.74 Å². The molecule has 1 atom stereocenters. The Morgan fingerprint density at radius 2 is 1.89 bits per heavy atom. The zero-order chi connectivity index (χ0) is 14.0. The third-order valence-electron chi connectivity index (χ3n) is 3.01. The largest absolute Gasteiger partial charge is 0.496 e. The van der Waals surface area contributed by atoms with Crippen LogP contribution in [0.4, 0.5) is 0 Å². The Morgan fingerprint density at radius 1 is 1.16 bits per heavy atom. The Morgan fingerprint density at radius 3 is 2.58 bits per heavy atom. The fourth-order valence-electron chi connectivity index (χ4n) is 2.02. The molecule has 0 radical (unpaired) electrons. The fraction of sp³-hybridized carbons (Fsp3) is 0.200. The molecule has 19 heavy (non-hydrogen) atoms. The van der Waals surface area contributed by atoms with Gasteiger partial charge in [0.25, 0.3) is 0 Å². The van der Waals surface area contributed by atoms with E-state index in [9.17, 15) is 0 Å². The first-order chi connectivity index (χ1) is 9.02. The van der Waals surface area contributed by atoms with E-state index in [1.54, 1.807) is 7.11 Å². The van der Waals surface area contributed by atoms with E-state index in [-0.39, 0.29) is 6.04 Å². The molecule has 0 aliphatic carbocycles. The molecular weight excluding hydrogens is 326 g/mol. The topological polar surface area (TPSA) is 35.2 Å². The Hall–Kier alpha value is -1.03. The smallest absolute Gasteiger partial charge is 0.123 e. The van der Waals surface area contributed by atoms with Gasteiger partial charge in [-0.05, 0) is 36.8 Å². The highest BCUT2D eigenvalue weighted by Gasteiger charge is 2.17. The monoisotopic (exact) mass is 339 g/mol. The lowest BCUT2D eigenvalue weighted by atomic mass is 9.97. The maximum atomic E-state index is 6.36. The van der Waals surface area contributed by atoms with E-state index >= 15 is 0 Å². The molecule has 0 heterocycles. The van der Waals surface area contributed by atoms with E-state index in [0.717, 1.165) is 26.9 Å². The number of aryl methyl sites for hydroxylation is 1. The standard InChI is InChI=1S/C15H15BrClNO/c1-9-3-6-14(19-2)12(7-9)15(18)11-8-10(17)4-5-13(11)16/h3-8,15H,18H2,1-2H3. The first-order valence-electron chi connectivity index (χ1n) is 5.88. The van der Waals surface area contributed by atoms with Crippen molar-refractivity contribution in [3.8, 4) is 5.75 Å². The summed E-state index contributed by atoms with van der Waals surface area (Å²) in [4.78, 5) is 0. The van der Waals surface area contributed by atoms with Gasteiger partial charge < -0.3 is 10.5 Å². The molecule has 2 aromatic carbocycles. The third-order valence-corrected chi connectivity index (χ3v) is 3.97. The van der Waals surface area contributed by atoms with Crippen LogP contribution in [0.15, 0.2) is 40.9 Å². The molecule has 0 aromatic heterocycles. The highest BCUT2D eigenvalue weighted by Crippen LogP contribution is 2.34. The Balaban J connectivity index is 2.51. The van der Waals surface area contributed by atoms with Crippen molar-refractivity contribution in [3.63, 3.8) is 0 Å². The highest BCUT2D eigenvalue weighted by atomic mass is 79.9. The number of ether oxygens (including phenoxy) is 1. The molecule has 0 spiro atoms. The third kappa shape index (κ3) is 3.11. The van der Waals surface area contributed by atoms with Crippen molar-refractivity contribution in [1.29, 1.82) is 0 Å². The highest BCUT2D eigenvalue weighted by molar-refractivity contribution is 9.10. The maximum absolute atomic E-state index is 6.36. The molecule has 2 N–H and O–H groups in total. The second kappa shape index (κ2) is 5.95. The minimum atomic E-state index is -0.289. The number of nitrogens with two attached hydrogens (primary N) is 1. The van der Waals surface area contributed by atoms with Gasteiger partial charge in [0.2, 0.25) is 0 Å². The van der Waals surface area contributed by atoms with E-state index in [1.165, 1.54) is 0 Å². The van der Waals surface area contributed by atoms with Crippen molar-refractivity contribution in [2.75, 3.05) is 7.11 Å². The van der Waals surface area contributed by atoms with E-state index < -0.39 is 0 Å². The van der Waals surface area contributed by atoms with Crippen molar-refractivity contribution in [1.82, 2.24) is 0 Å². The Kier molecular flexibility index (Phi) is 4.50. The Labute approximate surface area is 126 Å². The van der Waals surface area contributed by atoms with Gasteiger partial charge in [-0.1, -0.05) is 45.2 Å². The van der Waals surface area contributed by atoms with Gasteiger partial charge in [0.1, 0.15) is 5.75 Å². The summed E-state index contributed by atoms with van der Waals surface area (Å²) in [5.74, 6) is 0.782. The average Bonchev–Trinajstić information content (AvgIpc) is 2.40. The van der Waals surface area contributed by atoms with E-state index in [0.29, 0.717) is 5.02 Å². The number of rotatable bonds is 3. The number of benzene rings is 2. The molecule has 100 valence electrons. The number of hydrogen-bond acceptors (Lipinski definition) is 2. The average molecular weight is 341 g/mol. The summed E-state index contributed by atoms with van der Waals surface area (Å²) in [6.45, 7) is 2.03. The summed E-state index contributed by atoms with van der Waals surface area (Å²) in [6, 6.07) is 11.3. The number of hydrogen-bond donors (Lipinski definition) is 1. The quantitative estimate of drug-likeness (QED) is 0.895. The molecule has 4 heteroatoms. The molecule has 2 rings (SSSR count). The van der Waals surface area contributed by atoms with E-state index in [4.69, 9.17) is 22.1 Å². The van der Waals surface area contributed by atoms with Crippen molar-refractivity contribution >= 4 is 27.5 Å². The number of halogens is 2. The zero-order valence-corrected chi connectivity index (χ0v) is 13.1. The van der Waals surface area contributed by atoms with Gasteiger partial charge in [0.05, 0.1) is 13.2 Å². The minimum absolute atomic E-state index is 0.289. The lowest BCUT2D eigenvalue weighted by Gasteiger charge is -2.18. The predicted octanol–water partition coefficient (Wildman–Crippen LogP) is 4.47. The van der Waals surface area contributed by atoms with Crippen LogP contribution in [0.5, 0.6) is 5.75 Å². The van der Waals surface area contributed by atoms with Gasteiger partial charge in [0.15, 0.2) is 0 Å². The van der Waals surface area contributed by atoms with Gasteiger partial charge >= 0.3 is 0 Å². The van der Waals surface area contributed by atoms with Gasteiger partial charge in [-0.3, -0.25) is 0 Å². The van der Waals surface area contributed by atoms with Crippen LogP contribution >= 0.6 is 27.5 Å². The predicted molar refractivity (Wildman–Crippen MR) is 82.9 cm³/mol. The summed E-state index contributed by atoms with van der Waals surface area (Å²) in [6.07, 6.45) is 0. The lowest BCUT2D eigenvalue weighted by Crippen LogP contribution is -2.14. The fourth-order valence-corrected chi connectivity index (χ4v) is 2.69. The summed E-state index contributed by atoms with van der Waals surface area (Å²) in [5, 5.41) is 0.667. The first kappa shape index (κ1) is 14.4. The van der Waals surface area contributed by atoms with Crippen LogP contribution in [-0.4, -0.2) is 7.11 Å². The second-order valence-electron chi connectivity index (χ2n) is 4.39. The van der Waals surface area contributed by atoms with Gasteiger partial charge in [-0.15, -0.1) is 0 Å². The first-order valence-corrected chi connectivity index (χ1v) is 7.05. The summed E-state index contributed by atoms with van der Waals surface area (Å²) >= 11 is 9.56. The van der Waals surface area contributed by atoms with Crippen LogP contribution in [0.2, 0.25) is 5.02 Å². The molecule has 0 amide bonds. The van der Waals surface area contributed by atoms with Crippen LogP contribution < -0.4 is 10.5 Å². The van der Waals surface area contributed by atoms with Crippen molar-refractivity contribution in [3.05, 3.63) is 62.6 Å². The molecule has 0 saturated carbocycles. The van der Waals surface area contributed by atoms with Gasteiger partial charge in [-0.25, -0.2) is 0 Å². The summed E-state index contributed by atoms with van der Waals surface area (Å²) in [7, 11) is 1.65. The SMILES string of the molecule is COc1ccc(C)cc1C(N)c1cc(Cl)ccc1Br.